The minimum Gasteiger partial charge on any atom is -0.371 e. The van der Waals surface area contributed by atoms with Crippen molar-refractivity contribution >= 4 is 28.2 Å². The maximum atomic E-state index is 6.03. The number of aromatic nitrogens is 1. The highest BCUT2D eigenvalue weighted by Gasteiger charge is 2.23. The minimum atomic E-state index is 0.737. The molecule has 1 atom stereocenters. The molecule has 0 bridgehead atoms. The van der Waals surface area contributed by atoms with E-state index in [0.717, 1.165) is 36.1 Å². The second-order valence-electron chi connectivity index (χ2n) is 5.15. The third kappa shape index (κ3) is 2.53. The van der Waals surface area contributed by atoms with Crippen molar-refractivity contribution in [2.45, 2.75) is 6.42 Å². The van der Waals surface area contributed by atoms with E-state index < -0.39 is 0 Å². The van der Waals surface area contributed by atoms with Crippen molar-refractivity contribution in [1.29, 1.82) is 0 Å². The van der Waals surface area contributed by atoms with Gasteiger partial charge in [-0.05, 0) is 50.2 Å². The summed E-state index contributed by atoms with van der Waals surface area (Å²) in [4.78, 5) is 6.86. The van der Waals surface area contributed by atoms with E-state index in [1.807, 2.05) is 25.4 Å². The van der Waals surface area contributed by atoms with E-state index in [9.17, 15) is 0 Å². The van der Waals surface area contributed by atoms with Gasteiger partial charge in [0.15, 0.2) is 0 Å². The summed E-state index contributed by atoms with van der Waals surface area (Å²) >= 11 is 6.03. The average Bonchev–Trinajstić information content (AvgIpc) is 2.86. The van der Waals surface area contributed by atoms with Crippen LogP contribution in [0.2, 0.25) is 5.02 Å². The fraction of sp³-hybridized carbons (Fsp3) is 0.400. The van der Waals surface area contributed by atoms with E-state index in [0.29, 0.717) is 0 Å². The number of rotatable bonds is 3. The van der Waals surface area contributed by atoms with Crippen molar-refractivity contribution in [3.63, 3.8) is 0 Å². The normalized spacial score (nSPS) is 19.3. The van der Waals surface area contributed by atoms with Gasteiger partial charge in [-0.25, -0.2) is 0 Å². The maximum absolute atomic E-state index is 6.03. The molecule has 100 valence electrons. The first-order valence-electron chi connectivity index (χ1n) is 6.72. The van der Waals surface area contributed by atoms with Crippen LogP contribution in [0.25, 0.3) is 10.9 Å². The Morgan fingerprint density at radius 1 is 1.42 bits per heavy atom. The number of hydrogen-bond donors (Lipinski definition) is 1. The van der Waals surface area contributed by atoms with Crippen LogP contribution in [0.1, 0.15) is 6.42 Å². The summed E-state index contributed by atoms with van der Waals surface area (Å²) in [5.41, 5.74) is 2.25. The van der Waals surface area contributed by atoms with Crippen molar-refractivity contribution in [1.82, 2.24) is 10.3 Å². The lowest BCUT2D eigenvalue weighted by atomic mass is 10.1. The Hall–Kier alpha value is -1.32. The summed E-state index contributed by atoms with van der Waals surface area (Å²) in [6, 6.07) is 8.06. The maximum Gasteiger partial charge on any atom is 0.0737 e. The molecule has 1 aliphatic rings. The molecule has 0 saturated carbocycles. The lowest BCUT2D eigenvalue weighted by molar-refractivity contribution is 0.549. The molecule has 0 amide bonds. The molecule has 2 aromatic rings. The summed E-state index contributed by atoms with van der Waals surface area (Å²) in [6.45, 7) is 3.32. The van der Waals surface area contributed by atoms with Crippen LogP contribution in [0.3, 0.4) is 0 Å². The summed E-state index contributed by atoms with van der Waals surface area (Å²) in [5.74, 6) is 0.737. The highest BCUT2D eigenvalue weighted by molar-refractivity contribution is 6.31. The Bertz CT molecular complexity index is 585. The third-order valence-electron chi connectivity index (χ3n) is 3.80. The van der Waals surface area contributed by atoms with Gasteiger partial charge in [-0.3, -0.25) is 4.98 Å². The molecular formula is C15H18ClN3. The van der Waals surface area contributed by atoms with E-state index in [-0.39, 0.29) is 0 Å². The Balaban J connectivity index is 1.93. The van der Waals surface area contributed by atoms with E-state index in [1.165, 1.54) is 17.5 Å². The second-order valence-corrected chi connectivity index (χ2v) is 5.59. The van der Waals surface area contributed by atoms with Crippen LogP contribution >= 0.6 is 11.6 Å². The topological polar surface area (TPSA) is 28.2 Å². The Kier molecular flexibility index (Phi) is 3.58. The van der Waals surface area contributed by atoms with Crippen molar-refractivity contribution < 1.29 is 0 Å². The molecule has 1 aromatic heterocycles. The molecule has 1 N–H and O–H groups in total. The fourth-order valence-corrected chi connectivity index (χ4v) is 3.05. The standard InChI is InChI=1S/C15H18ClN3/c1-17-9-11-5-7-19(10-11)15-4-6-18-14-8-12(16)2-3-13(14)15/h2-4,6,8,11,17H,5,7,9-10H2,1H3. The molecule has 0 spiro atoms. The second kappa shape index (κ2) is 5.35. The predicted molar refractivity (Wildman–Crippen MR) is 81.0 cm³/mol. The lowest BCUT2D eigenvalue weighted by Crippen LogP contribution is -2.24. The van der Waals surface area contributed by atoms with E-state index >= 15 is 0 Å². The van der Waals surface area contributed by atoms with Gasteiger partial charge in [0.25, 0.3) is 0 Å². The molecule has 4 heteroatoms. The van der Waals surface area contributed by atoms with E-state index in [2.05, 4.69) is 27.3 Å². The van der Waals surface area contributed by atoms with Crippen molar-refractivity contribution in [3.05, 3.63) is 35.5 Å². The summed E-state index contributed by atoms with van der Waals surface area (Å²) < 4.78 is 0. The molecule has 0 aliphatic carbocycles. The van der Waals surface area contributed by atoms with Crippen molar-refractivity contribution in [3.8, 4) is 0 Å². The summed E-state index contributed by atoms with van der Waals surface area (Å²) in [7, 11) is 2.02. The fourth-order valence-electron chi connectivity index (χ4n) is 2.89. The molecule has 1 unspecified atom stereocenters. The third-order valence-corrected chi connectivity index (χ3v) is 4.04. The summed E-state index contributed by atoms with van der Waals surface area (Å²) in [6.07, 6.45) is 3.12. The Morgan fingerprint density at radius 2 is 2.32 bits per heavy atom. The first-order chi connectivity index (χ1) is 9.28. The number of nitrogens with one attached hydrogen (secondary N) is 1. The van der Waals surface area contributed by atoms with E-state index in [4.69, 9.17) is 11.6 Å². The predicted octanol–water partition coefficient (Wildman–Crippen LogP) is 2.93. The monoisotopic (exact) mass is 275 g/mol. The largest absolute Gasteiger partial charge is 0.371 e. The van der Waals surface area contributed by atoms with Crippen LogP contribution in [0.15, 0.2) is 30.5 Å². The molecule has 1 aromatic carbocycles. The Morgan fingerprint density at radius 3 is 3.16 bits per heavy atom. The van der Waals surface area contributed by atoms with Crippen molar-refractivity contribution in [2.75, 3.05) is 31.6 Å². The molecule has 1 aliphatic heterocycles. The molecule has 3 nitrogen and oxygen atoms in total. The van der Waals surface area contributed by atoms with Gasteiger partial charge in [-0.15, -0.1) is 0 Å². The van der Waals surface area contributed by atoms with Gasteiger partial charge in [-0.2, -0.15) is 0 Å². The van der Waals surface area contributed by atoms with Gasteiger partial charge in [0.2, 0.25) is 0 Å². The van der Waals surface area contributed by atoms with Gasteiger partial charge < -0.3 is 10.2 Å². The number of pyridine rings is 1. The van der Waals surface area contributed by atoms with Gasteiger partial charge in [0.1, 0.15) is 0 Å². The van der Waals surface area contributed by atoms with Gasteiger partial charge in [-0.1, -0.05) is 11.6 Å². The van der Waals surface area contributed by atoms with Gasteiger partial charge in [0, 0.05) is 35.4 Å². The molecule has 19 heavy (non-hydrogen) atoms. The highest BCUT2D eigenvalue weighted by atomic mass is 35.5. The van der Waals surface area contributed by atoms with E-state index in [1.54, 1.807) is 0 Å². The van der Waals surface area contributed by atoms with Crippen LogP contribution in [-0.4, -0.2) is 31.7 Å². The molecule has 1 fully saturated rings. The number of fused-ring (bicyclic) bond motifs is 1. The molecule has 1 saturated heterocycles. The number of hydrogen-bond acceptors (Lipinski definition) is 3. The molecule has 2 heterocycles. The van der Waals surface area contributed by atoms with Gasteiger partial charge >= 0.3 is 0 Å². The number of anilines is 1. The molecule has 3 rings (SSSR count). The smallest absolute Gasteiger partial charge is 0.0737 e. The highest BCUT2D eigenvalue weighted by Crippen LogP contribution is 2.30. The first kappa shape index (κ1) is 12.7. The van der Waals surface area contributed by atoms with Crippen molar-refractivity contribution in [2.24, 2.45) is 5.92 Å². The quantitative estimate of drug-likeness (QED) is 0.934. The van der Waals surface area contributed by atoms with Crippen LogP contribution in [0.4, 0.5) is 5.69 Å². The van der Waals surface area contributed by atoms with Crippen LogP contribution < -0.4 is 10.2 Å². The average molecular weight is 276 g/mol. The molecule has 0 radical (unpaired) electrons. The number of nitrogens with zero attached hydrogens (tertiary/aromatic N) is 2. The lowest BCUT2D eigenvalue weighted by Gasteiger charge is -2.20. The minimum absolute atomic E-state index is 0.737. The zero-order chi connectivity index (χ0) is 13.2. The van der Waals surface area contributed by atoms with Crippen LogP contribution in [0.5, 0.6) is 0 Å². The Labute approximate surface area is 118 Å². The zero-order valence-corrected chi connectivity index (χ0v) is 11.8. The molecular weight excluding hydrogens is 258 g/mol. The van der Waals surface area contributed by atoms with Crippen LogP contribution in [0, 0.1) is 5.92 Å². The van der Waals surface area contributed by atoms with Gasteiger partial charge in [0.05, 0.1) is 5.52 Å². The first-order valence-corrected chi connectivity index (χ1v) is 7.09. The SMILES string of the molecule is CNCC1CCN(c2ccnc3cc(Cl)ccc23)C1. The van der Waals surface area contributed by atoms with Crippen LogP contribution in [-0.2, 0) is 0 Å². The number of benzene rings is 1. The summed E-state index contributed by atoms with van der Waals surface area (Å²) in [5, 5.41) is 5.20. The number of halogens is 1. The zero-order valence-electron chi connectivity index (χ0n) is 11.1.